The highest BCUT2D eigenvalue weighted by Gasteiger charge is 2.20. The molecule has 168 valence electrons. The molecule has 1 saturated heterocycles. The quantitative estimate of drug-likeness (QED) is 0.505. The number of rotatable bonds is 6. The highest BCUT2D eigenvalue weighted by molar-refractivity contribution is 5.94. The molecule has 0 radical (unpaired) electrons. The van der Waals surface area contributed by atoms with Crippen LogP contribution in [-0.4, -0.2) is 56.0 Å². The molecule has 0 saturated carbocycles. The summed E-state index contributed by atoms with van der Waals surface area (Å²) in [5.41, 5.74) is 3.20. The number of H-pyrrole nitrogens is 1. The molecule has 2 aromatic carbocycles. The van der Waals surface area contributed by atoms with Crippen molar-refractivity contribution in [2.24, 2.45) is 0 Å². The lowest BCUT2D eigenvalue weighted by Crippen LogP contribution is -2.27. The molecule has 0 atom stereocenters. The molecule has 0 bridgehead atoms. The van der Waals surface area contributed by atoms with Gasteiger partial charge in [0.1, 0.15) is 17.2 Å². The molecule has 9 heteroatoms. The van der Waals surface area contributed by atoms with Crippen molar-refractivity contribution in [1.29, 1.82) is 0 Å². The van der Waals surface area contributed by atoms with Crippen LogP contribution in [0.1, 0.15) is 16.1 Å². The first kappa shape index (κ1) is 21.8. The maximum atomic E-state index is 12.5. The molecule has 9 nitrogen and oxygen atoms in total. The van der Waals surface area contributed by atoms with Crippen molar-refractivity contribution in [3.05, 3.63) is 59.8 Å². The van der Waals surface area contributed by atoms with Gasteiger partial charge in [-0.15, -0.1) is 0 Å². The van der Waals surface area contributed by atoms with Gasteiger partial charge in [0.15, 0.2) is 0 Å². The summed E-state index contributed by atoms with van der Waals surface area (Å²) >= 11 is 0. The smallest absolute Gasteiger partial charge is 0.321 e. The molecule has 33 heavy (non-hydrogen) atoms. The van der Waals surface area contributed by atoms with Gasteiger partial charge in [0.2, 0.25) is 0 Å². The molecule has 3 aromatic rings. The number of hydrogen-bond donors (Lipinski definition) is 3. The van der Waals surface area contributed by atoms with Crippen molar-refractivity contribution in [2.45, 2.75) is 0 Å². The van der Waals surface area contributed by atoms with Gasteiger partial charge in [0.25, 0.3) is 5.91 Å². The lowest BCUT2D eigenvalue weighted by Gasteiger charge is -2.13. The van der Waals surface area contributed by atoms with E-state index in [9.17, 15) is 9.59 Å². The standard InChI is InChI=1S/C24H23N5O4/c1-32-18-9-10-22(33-2)19(14-18)20-15-21(28-27-20)23(30)25-11-3-4-16-5-7-17(8-6-16)29-13-12-26-24(29)31/h5-10,14-15H,11-13H2,1-2H3,(H,25,30)(H,26,31)(H,27,28). The molecule has 1 aromatic heterocycles. The zero-order chi connectivity index (χ0) is 23.2. The van der Waals surface area contributed by atoms with Crippen LogP contribution in [0.15, 0.2) is 48.5 Å². The van der Waals surface area contributed by atoms with Gasteiger partial charge in [0.05, 0.1) is 26.5 Å². The summed E-state index contributed by atoms with van der Waals surface area (Å²) in [6, 6.07) is 14.3. The van der Waals surface area contributed by atoms with Gasteiger partial charge in [0, 0.05) is 29.9 Å². The van der Waals surface area contributed by atoms with Crippen LogP contribution in [0.5, 0.6) is 11.5 Å². The molecule has 1 aliphatic heterocycles. The minimum atomic E-state index is -0.319. The SMILES string of the molecule is COc1ccc(OC)c(-c2cc(C(=O)NCC#Cc3ccc(N4CCNC4=O)cc3)[nH]n2)c1. The number of carbonyl (C=O) groups is 2. The van der Waals surface area contributed by atoms with E-state index >= 15 is 0 Å². The Hall–Kier alpha value is -4.45. The van der Waals surface area contributed by atoms with Crippen molar-refractivity contribution in [1.82, 2.24) is 20.8 Å². The van der Waals surface area contributed by atoms with E-state index in [2.05, 4.69) is 32.7 Å². The van der Waals surface area contributed by atoms with Crippen LogP contribution in [0, 0.1) is 11.8 Å². The van der Waals surface area contributed by atoms with Gasteiger partial charge in [-0.2, -0.15) is 5.10 Å². The van der Waals surface area contributed by atoms with E-state index in [1.165, 1.54) is 0 Å². The second-order valence-electron chi connectivity index (χ2n) is 7.15. The van der Waals surface area contributed by atoms with Crippen LogP contribution in [-0.2, 0) is 0 Å². The molecule has 3 N–H and O–H groups in total. The largest absolute Gasteiger partial charge is 0.497 e. The Kier molecular flexibility index (Phi) is 6.45. The number of nitrogens with zero attached hydrogens (tertiary/aromatic N) is 2. The zero-order valence-corrected chi connectivity index (χ0v) is 18.3. The van der Waals surface area contributed by atoms with Crippen LogP contribution < -0.4 is 25.0 Å². The number of carbonyl (C=O) groups excluding carboxylic acids is 2. The zero-order valence-electron chi connectivity index (χ0n) is 18.3. The van der Waals surface area contributed by atoms with E-state index in [0.717, 1.165) is 11.3 Å². The molecule has 0 spiro atoms. The Morgan fingerprint density at radius 1 is 1.15 bits per heavy atom. The predicted octanol–water partition coefficient (Wildman–Crippen LogP) is 2.41. The van der Waals surface area contributed by atoms with Crippen molar-refractivity contribution >= 4 is 17.6 Å². The molecule has 0 aliphatic carbocycles. The van der Waals surface area contributed by atoms with Crippen LogP contribution in [0.3, 0.4) is 0 Å². The van der Waals surface area contributed by atoms with Crippen molar-refractivity contribution in [3.8, 4) is 34.6 Å². The summed E-state index contributed by atoms with van der Waals surface area (Å²) < 4.78 is 10.6. The molecule has 4 rings (SSSR count). The van der Waals surface area contributed by atoms with Crippen molar-refractivity contribution in [3.63, 3.8) is 0 Å². The minimum absolute atomic E-state index is 0.0941. The number of hydrogen-bond acceptors (Lipinski definition) is 5. The number of benzene rings is 2. The second-order valence-corrected chi connectivity index (χ2v) is 7.15. The molecular weight excluding hydrogens is 422 g/mol. The first-order chi connectivity index (χ1) is 16.1. The number of urea groups is 1. The molecular formula is C24H23N5O4. The number of nitrogens with one attached hydrogen (secondary N) is 3. The lowest BCUT2D eigenvalue weighted by atomic mass is 10.1. The van der Waals surface area contributed by atoms with Crippen LogP contribution in [0.2, 0.25) is 0 Å². The van der Waals surface area contributed by atoms with Crippen molar-refractivity contribution < 1.29 is 19.1 Å². The van der Waals surface area contributed by atoms with E-state index < -0.39 is 0 Å². The molecule has 0 unspecified atom stereocenters. The molecule has 1 fully saturated rings. The van der Waals surface area contributed by atoms with Gasteiger partial charge < -0.3 is 20.1 Å². The molecule has 3 amide bonds. The summed E-state index contributed by atoms with van der Waals surface area (Å²) in [7, 11) is 3.15. The Morgan fingerprint density at radius 2 is 1.97 bits per heavy atom. The summed E-state index contributed by atoms with van der Waals surface area (Å²) in [6.45, 7) is 1.47. The third-order valence-corrected chi connectivity index (χ3v) is 5.11. The summed E-state index contributed by atoms with van der Waals surface area (Å²) in [5.74, 6) is 6.89. The lowest BCUT2D eigenvalue weighted by molar-refractivity contribution is 0.0953. The maximum Gasteiger partial charge on any atom is 0.321 e. The number of methoxy groups -OCH3 is 2. The molecule has 2 heterocycles. The van der Waals surface area contributed by atoms with Gasteiger partial charge in [-0.1, -0.05) is 11.8 Å². The molecule has 1 aliphatic rings. The topological polar surface area (TPSA) is 109 Å². The van der Waals surface area contributed by atoms with Crippen molar-refractivity contribution in [2.75, 3.05) is 38.8 Å². The fraction of sp³-hybridized carbons (Fsp3) is 0.208. The third-order valence-electron chi connectivity index (χ3n) is 5.11. The average molecular weight is 445 g/mol. The Morgan fingerprint density at radius 3 is 2.67 bits per heavy atom. The first-order valence-corrected chi connectivity index (χ1v) is 10.3. The summed E-state index contributed by atoms with van der Waals surface area (Å²) in [5, 5.41) is 12.5. The van der Waals surface area contributed by atoms with E-state index in [4.69, 9.17) is 9.47 Å². The number of amides is 3. The van der Waals surface area contributed by atoms with Crippen LogP contribution in [0.4, 0.5) is 10.5 Å². The Labute approximate surface area is 191 Å². The normalized spacial score (nSPS) is 12.5. The monoisotopic (exact) mass is 445 g/mol. The number of anilines is 1. The Balaban J connectivity index is 1.36. The highest BCUT2D eigenvalue weighted by Crippen LogP contribution is 2.32. The van der Waals surface area contributed by atoms with Gasteiger partial charge in [-0.25, -0.2) is 4.79 Å². The summed E-state index contributed by atoms with van der Waals surface area (Å²) in [4.78, 5) is 25.9. The summed E-state index contributed by atoms with van der Waals surface area (Å²) in [6.07, 6.45) is 0. The number of ether oxygens (including phenoxy) is 2. The van der Waals surface area contributed by atoms with E-state index in [1.54, 1.807) is 43.4 Å². The van der Waals surface area contributed by atoms with Crippen LogP contribution in [0.25, 0.3) is 11.3 Å². The first-order valence-electron chi connectivity index (χ1n) is 10.3. The van der Waals surface area contributed by atoms with E-state index in [1.807, 2.05) is 24.3 Å². The minimum Gasteiger partial charge on any atom is -0.497 e. The van der Waals surface area contributed by atoms with E-state index in [-0.39, 0.29) is 18.5 Å². The fourth-order valence-corrected chi connectivity index (χ4v) is 3.40. The Bertz CT molecular complexity index is 1220. The van der Waals surface area contributed by atoms with Crippen LogP contribution >= 0.6 is 0 Å². The average Bonchev–Trinajstić information content (AvgIpc) is 3.51. The predicted molar refractivity (Wildman–Crippen MR) is 124 cm³/mol. The van der Waals surface area contributed by atoms with Gasteiger partial charge in [-0.05, 0) is 48.5 Å². The number of aromatic nitrogens is 2. The fourth-order valence-electron chi connectivity index (χ4n) is 3.40. The van der Waals surface area contributed by atoms with Gasteiger partial charge >= 0.3 is 6.03 Å². The van der Waals surface area contributed by atoms with Gasteiger partial charge in [-0.3, -0.25) is 14.8 Å². The maximum absolute atomic E-state index is 12.5. The second kappa shape index (κ2) is 9.78. The number of aromatic amines is 1. The third kappa shape index (κ3) is 4.91. The highest BCUT2D eigenvalue weighted by atomic mass is 16.5. The van der Waals surface area contributed by atoms with E-state index in [0.29, 0.717) is 41.5 Å².